The maximum absolute atomic E-state index is 11.3. The minimum atomic E-state index is -0.178. The van der Waals surface area contributed by atoms with E-state index < -0.39 is 0 Å². The summed E-state index contributed by atoms with van der Waals surface area (Å²) >= 11 is 0. The highest BCUT2D eigenvalue weighted by molar-refractivity contribution is 5.69. The molecule has 0 radical (unpaired) electrons. The Labute approximate surface area is 92.1 Å². The predicted molar refractivity (Wildman–Crippen MR) is 59.5 cm³/mol. The zero-order valence-corrected chi connectivity index (χ0v) is 9.99. The van der Waals surface area contributed by atoms with Crippen molar-refractivity contribution in [3.05, 3.63) is 0 Å². The van der Waals surface area contributed by atoms with Crippen LogP contribution in [0.15, 0.2) is 0 Å². The molecule has 0 bridgehead atoms. The summed E-state index contributed by atoms with van der Waals surface area (Å²) in [6, 6.07) is 0. The Morgan fingerprint density at radius 1 is 1.33 bits per heavy atom. The van der Waals surface area contributed by atoms with Crippen LogP contribution < -0.4 is 5.73 Å². The van der Waals surface area contributed by atoms with Gasteiger partial charge in [0, 0.05) is 13.5 Å². The second kappa shape index (κ2) is 8.68. The molecule has 4 nitrogen and oxygen atoms in total. The Bertz CT molecular complexity index is 171. The van der Waals surface area contributed by atoms with E-state index in [1.807, 2.05) is 0 Å². The van der Waals surface area contributed by atoms with Crippen molar-refractivity contribution < 1.29 is 14.3 Å². The van der Waals surface area contributed by atoms with Crippen LogP contribution in [-0.4, -0.2) is 32.8 Å². The molecule has 0 unspecified atom stereocenters. The van der Waals surface area contributed by atoms with Crippen LogP contribution in [0.5, 0.6) is 0 Å². The number of carbonyl (C=O) groups is 1. The molecule has 15 heavy (non-hydrogen) atoms. The maximum Gasteiger partial charge on any atom is 0.306 e. The van der Waals surface area contributed by atoms with Gasteiger partial charge in [-0.3, -0.25) is 4.79 Å². The number of carbonyl (C=O) groups excluding carboxylic acids is 1. The van der Waals surface area contributed by atoms with Gasteiger partial charge in [-0.2, -0.15) is 0 Å². The van der Waals surface area contributed by atoms with E-state index in [9.17, 15) is 4.79 Å². The Morgan fingerprint density at radius 2 is 2.00 bits per heavy atom. The number of nitrogens with two attached hydrogens (primary N) is 1. The van der Waals surface area contributed by atoms with Gasteiger partial charge in [0.1, 0.15) is 6.61 Å². The zero-order valence-electron chi connectivity index (χ0n) is 9.99. The van der Waals surface area contributed by atoms with E-state index in [1.54, 1.807) is 7.11 Å². The van der Waals surface area contributed by atoms with Gasteiger partial charge in [-0.15, -0.1) is 0 Å². The van der Waals surface area contributed by atoms with Crippen LogP contribution in [0.1, 0.15) is 26.7 Å². The summed E-state index contributed by atoms with van der Waals surface area (Å²) in [6.45, 7) is 5.56. The molecule has 0 heterocycles. The first-order valence-electron chi connectivity index (χ1n) is 5.44. The van der Waals surface area contributed by atoms with Crippen molar-refractivity contribution in [1.29, 1.82) is 0 Å². The normalized spacial score (nSPS) is 12.9. The van der Waals surface area contributed by atoms with Crippen molar-refractivity contribution in [3.63, 3.8) is 0 Å². The van der Waals surface area contributed by atoms with Crippen LogP contribution in [0, 0.1) is 11.8 Å². The Balaban J connectivity index is 3.70. The zero-order chi connectivity index (χ0) is 11.7. The van der Waals surface area contributed by atoms with Gasteiger partial charge in [-0.05, 0) is 24.8 Å². The smallest absolute Gasteiger partial charge is 0.306 e. The van der Waals surface area contributed by atoms with Crippen molar-refractivity contribution in [1.82, 2.24) is 0 Å². The van der Waals surface area contributed by atoms with Crippen molar-refractivity contribution in [2.75, 3.05) is 26.9 Å². The third-order valence-corrected chi connectivity index (χ3v) is 2.14. The Kier molecular flexibility index (Phi) is 8.33. The summed E-state index contributed by atoms with van der Waals surface area (Å²) in [5.41, 5.74) is 5.59. The molecule has 0 aliphatic heterocycles. The lowest BCUT2D eigenvalue weighted by Gasteiger charge is -2.15. The van der Waals surface area contributed by atoms with Crippen LogP contribution in [0.3, 0.4) is 0 Å². The van der Waals surface area contributed by atoms with E-state index in [-0.39, 0.29) is 11.9 Å². The van der Waals surface area contributed by atoms with E-state index in [0.717, 1.165) is 6.42 Å². The van der Waals surface area contributed by atoms with Crippen LogP contribution in [0.2, 0.25) is 0 Å². The van der Waals surface area contributed by atoms with Crippen molar-refractivity contribution in [2.45, 2.75) is 26.7 Å². The van der Waals surface area contributed by atoms with E-state index in [2.05, 4.69) is 13.8 Å². The van der Waals surface area contributed by atoms with Crippen molar-refractivity contribution in [3.8, 4) is 0 Å². The van der Waals surface area contributed by atoms with Crippen LogP contribution in [-0.2, 0) is 14.3 Å². The lowest BCUT2D eigenvalue weighted by Crippen LogP contribution is -2.21. The molecule has 0 spiro atoms. The highest BCUT2D eigenvalue weighted by Gasteiger charge is 2.14. The number of ether oxygens (including phenoxy) is 2. The molecule has 0 fully saturated rings. The second-order valence-corrected chi connectivity index (χ2v) is 4.15. The van der Waals surface area contributed by atoms with Gasteiger partial charge in [0.15, 0.2) is 0 Å². The first kappa shape index (κ1) is 14.4. The molecule has 4 heteroatoms. The standard InChI is InChI=1S/C11H23NO3/c1-9(2)6-10(8-12)7-11(13)15-5-4-14-3/h9-10H,4-8,12H2,1-3H3/t10-/m0/s1. The van der Waals surface area contributed by atoms with Crippen LogP contribution in [0.4, 0.5) is 0 Å². The highest BCUT2D eigenvalue weighted by Crippen LogP contribution is 2.14. The van der Waals surface area contributed by atoms with Gasteiger partial charge < -0.3 is 15.2 Å². The van der Waals surface area contributed by atoms with Gasteiger partial charge in [-0.25, -0.2) is 0 Å². The second-order valence-electron chi connectivity index (χ2n) is 4.15. The molecule has 1 atom stereocenters. The number of hydrogen-bond acceptors (Lipinski definition) is 4. The summed E-state index contributed by atoms with van der Waals surface area (Å²) < 4.78 is 9.76. The Morgan fingerprint density at radius 3 is 2.47 bits per heavy atom. The lowest BCUT2D eigenvalue weighted by molar-refractivity contribution is -0.146. The average Bonchev–Trinajstić information content (AvgIpc) is 2.16. The molecule has 0 saturated carbocycles. The molecule has 0 aliphatic rings. The van der Waals surface area contributed by atoms with Crippen LogP contribution >= 0.6 is 0 Å². The van der Waals surface area contributed by atoms with Gasteiger partial charge >= 0.3 is 5.97 Å². The predicted octanol–water partition coefficient (Wildman–Crippen LogP) is 1.19. The third-order valence-electron chi connectivity index (χ3n) is 2.14. The fourth-order valence-electron chi connectivity index (χ4n) is 1.46. The van der Waals surface area contributed by atoms with Gasteiger partial charge in [0.05, 0.1) is 6.61 Å². The van der Waals surface area contributed by atoms with E-state index >= 15 is 0 Å². The van der Waals surface area contributed by atoms with E-state index in [0.29, 0.717) is 32.1 Å². The fourth-order valence-corrected chi connectivity index (χ4v) is 1.46. The summed E-state index contributed by atoms with van der Waals surface area (Å²) in [4.78, 5) is 11.3. The molecule has 0 aromatic rings. The first-order chi connectivity index (χ1) is 7.10. The SMILES string of the molecule is COCCOC(=O)C[C@@H](CN)CC(C)C. The number of methoxy groups -OCH3 is 1. The topological polar surface area (TPSA) is 61.5 Å². The summed E-state index contributed by atoms with van der Waals surface area (Å²) in [6.07, 6.45) is 1.38. The highest BCUT2D eigenvalue weighted by atomic mass is 16.6. The van der Waals surface area contributed by atoms with Gasteiger partial charge in [0.2, 0.25) is 0 Å². The van der Waals surface area contributed by atoms with Crippen molar-refractivity contribution >= 4 is 5.97 Å². The molecule has 0 rings (SSSR count). The third kappa shape index (κ3) is 8.39. The molecule has 0 saturated heterocycles. The van der Waals surface area contributed by atoms with E-state index in [4.69, 9.17) is 15.2 Å². The quantitative estimate of drug-likeness (QED) is 0.490. The molecule has 0 aromatic carbocycles. The summed E-state index contributed by atoms with van der Waals surface area (Å²) in [5.74, 6) is 0.619. The monoisotopic (exact) mass is 217 g/mol. The number of hydrogen-bond donors (Lipinski definition) is 1. The molecule has 0 amide bonds. The molecular weight excluding hydrogens is 194 g/mol. The number of esters is 1. The largest absolute Gasteiger partial charge is 0.463 e. The van der Waals surface area contributed by atoms with Crippen molar-refractivity contribution in [2.24, 2.45) is 17.6 Å². The minimum Gasteiger partial charge on any atom is -0.463 e. The van der Waals surface area contributed by atoms with Gasteiger partial charge in [-0.1, -0.05) is 13.8 Å². The molecule has 2 N–H and O–H groups in total. The van der Waals surface area contributed by atoms with E-state index in [1.165, 1.54) is 0 Å². The minimum absolute atomic E-state index is 0.178. The molecule has 90 valence electrons. The fraction of sp³-hybridized carbons (Fsp3) is 0.909. The summed E-state index contributed by atoms with van der Waals surface area (Å²) in [5, 5.41) is 0. The first-order valence-corrected chi connectivity index (χ1v) is 5.44. The Hall–Kier alpha value is -0.610. The molecule has 0 aromatic heterocycles. The average molecular weight is 217 g/mol. The summed E-state index contributed by atoms with van der Waals surface area (Å²) in [7, 11) is 1.58. The molecule has 0 aliphatic carbocycles. The number of rotatable bonds is 8. The van der Waals surface area contributed by atoms with Crippen LogP contribution in [0.25, 0.3) is 0 Å². The van der Waals surface area contributed by atoms with Gasteiger partial charge in [0.25, 0.3) is 0 Å². The maximum atomic E-state index is 11.3. The lowest BCUT2D eigenvalue weighted by atomic mass is 9.94. The molecular formula is C11H23NO3.